The highest BCUT2D eigenvalue weighted by molar-refractivity contribution is 5.82. The molecule has 0 atom stereocenters. The fraction of sp³-hybridized carbons (Fsp3) is 0.656. The zero-order chi connectivity index (χ0) is 36.0. The monoisotopic (exact) mass is 696 g/mol. The van der Waals surface area contributed by atoms with Crippen molar-refractivity contribution in [1.29, 1.82) is 0 Å². The lowest BCUT2D eigenvalue weighted by Crippen LogP contribution is -2.60. The van der Waals surface area contributed by atoms with Gasteiger partial charge in [0.2, 0.25) is 23.6 Å². The minimum absolute atomic E-state index is 0.0171. The van der Waals surface area contributed by atoms with Crippen molar-refractivity contribution in [1.82, 2.24) is 26.6 Å². The first-order chi connectivity index (χ1) is 23.7. The molecule has 1 aromatic carbocycles. The van der Waals surface area contributed by atoms with Gasteiger partial charge in [-0.25, -0.2) is 4.79 Å². The highest BCUT2D eigenvalue weighted by atomic mass is 16.5. The van der Waals surface area contributed by atoms with Crippen molar-refractivity contribution in [2.45, 2.75) is 50.7 Å². The third kappa shape index (κ3) is 23.2. The van der Waals surface area contributed by atoms with E-state index >= 15 is 0 Å². The summed E-state index contributed by atoms with van der Waals surface area (Å²) in [4.78, 5) is 61.9. The molecule has 11 N–H and O–H groups in total. The summed E-state index contributed by atoms with van der Waals surface area (Å²) in [6, 6.07) is 9.06. The first-order valence-corrected chi connectivity index (χ1v) is 16.6. The van der Waals surface area contributed by atoms with Crippen LogP contribution in [0.3, 0.4) is 0 Å². The fourth-order valence-electron chi connectivity index (χ4n) is 4.05. The van der Waals surface area contributed by atoms with Crippen LogP contribution in [0.1, 0.15) is 44.1 Å². The Morgan fingerprint density at radius 3 is 1.43 bits per heavy atom. The molecule has 0 aromatic heterocycles. The molecule has 49 heavy (non-hydrogen) atoms. The molecule has 0 saturated heterocycles. The second kappa shape index (κ2) is 28.0. The topological polar surface area (TPSA) is 260 Å². The molecule has 278 valence electrons. The lowest BCUT2D eigenvalue weighted by molar-refractivity contribution is -0.130. The number of carbonyl (C=O) groups is 5. The van der Waals surface area contributed by atoms with E-state index in [1.54, 1.807) is 12.1 Å². The van der Waals surface area contributed by atoms with Crippen LogP contribution in [0.15, 0.2) is 30.3 Å². The van der Waals surface area contributed by atoms with Gasteiger partial charge in [-0.3, -0.25) is 19.2 Å². The Kier molecular flexibility index (Phi) is 24.7. The maximum atomic E-state index is 13.1. The zero-order valence-electron chi connectivity index (χ0n) is 28.4. The number of hydrogen-bond donors (Lipinski definition) is 8. The summed E-state index contributed by atoms with van der Waals surface area (Å²) in [5.74, 6) is -1.29. The molecule has 17 heteroatoms. The van der Waals surface area contributed by atoms with E-state index < -0.39 is 24.1 Å². The van der Waals surface area contributed by atoms with Crippen LogP contribution in [0.25, 0.3) is 0 Å². The predicted octanol–water partition coefficient (Wildman–Crippen LogP) is -1.62. The molecule has 5 amide bonds. The molecule has 0 radical (unpaired) electrons. The quantitative estimate of drug-likeness (QED) is 0.0440. The number of hydrogen-bond acceptors (Lipinski definition) is 12. The number of benzene rings is 1. The van der Waals surface area contributed by atoms with E-state index in [1.165, 1.54) is 0 Å². The standard InChI is InChI=1S/C32H56N8O9/c33-12-4-15-36-27(41)9-18-46-23-32(24-47-19-10-28(42)37-16-5-13-34,25-48-20-11-29(43)38-17-6-14-35)40-30(44)21-39-31(45)49-22-26-7-2-1-3-8-26/h1-3,7-8H,4-6,9-25,33-35H2,(H,36,41)(H,37,42)(H,38,43)(H,39,45)(H,40,44). The number of amides is 5. The van der Waals surface area contributed by atoms with E-state index in [2.05, 4.69) is 26.6 Å². The highest BCUT2D eigenvalue weighted by Gasteiger charge is 2.34. The van der Waals surface area contributed by atoms with Crippen LogP contribution in [-0.2, 0) is 44.7 Å². The van der Waals surface area contributed by atoms with Crippen molar-refractivity contribution in [3.63, 3.8) is 0 Å². The minimum Gasteiger partial charge on any atom is -0.445 e. The van der Waals surface area contributed by atoms with E-state index in [1.807, 2.05) is 18.2 Å². The molecule has 0 bridgehead atoms. The molecule has 0 saturated carbocycles. The Morgan fingerprint density at radius 1 is 0.592 bits per heavy atom. The summed E-state index contributed by atoms with van der Waals surface area (Å²) in [6.45, 7) is 1.84. The van der Waals surface area contributed by atoms with E-state index in [0.717, 1.165) is 5.56 Å². The maximum absolute atomic E-state index is 13.1. The molecular formula is C32H56N8O9. The Bertz CT molecular complexity index is 1010. The van der Waals surface area contributed by atoms with Crippen LogP contribution >= 0.6 is 0 Å². The summed E-state index contributed by atoms with van der Waals surface area (Å²) >= 11 is 0. The molecule has 0 aliphatic rings. The average molecular weight is 697 g/mol. The molecule has 1 aromatic rings. The van der Waals surface area contributed by atoms with Gasteiger partial charge in [0.25, 0.3) is 0 Å². The SMILES string of the molecule is NCCCNC(=O)CCOCC(COCCC(=O)NCCCN)(COCCC(=O)NCCCN)NC(=O)CNC(=O)OCc1ccccc1. The minimum atomic E-state index is -1.32. The van der Waals surface area contributed by atoms with Gasteiger partial charge < -0.3 is 62.7 Å². The van der Waals surface area contributed by atoms with Gasteiger partial charge >= 0.3 is 6.09 Å². The van der Waals surface area contributed by atoms with Crippen LogP contribution in [0.2, 0.25) is 0 Å². The van der Waals surface area contributed by atoms with Crippen LogP contribution < -0.4 is 43.8 Å². The third-order valence-corrected chi connectivity index (χ3v) is 6.68. The second-order valence-corrected chi connectivity index (χ2v) is 11.1. The van der Waals surface area contributed by atoms with Crippen molar-refractivity contribution < 1.29 is 42.9 Å². The van der Waals surface area contributed by atoms with Crippen LogP contribution in [-0.4, -0.2) is 121 Å². The predicted molar refractivity (Wildman–Crippen MR) is 182 cm³/mol. The summed E-state index contributed by atoms with van der Waals surface area (Å²) in [5, 5.41) is 13.5. The van der Waals surface area contributed by atoms with E-state index in [0.29, 0.717) is 58.5 Å². The summed E-state index contributed by atoms with van der Waals surface area (Å²) in [5.41, 5.74) is 15.9. The van der Waals surface area contributed by atoms with Crippen LogP contribution in [0.4, 0.5) is 4.79 Å². The molecular weight excluding hydrogens is 640 g/mol. The Labute approximate surface area is 288 Å². The average Bonchev–Trinajstić information content (AvgIpc) is 3.09. The number of ether oxygens (including phenoxy) is 4. The molecule has 1 rings (SSSR count). The maximum Gasteiger partial charge on any atom is 0.407 e. The largest absolute Gasteiger partial charge is 0.445 e. The smallest absolute Gasteiger partial charge is 0.407 e. The number of nitrogens with one attached hydrogen (secondary N) is 5. The molecule has 17 nitrogen and oxygen atoms in total. The van der Waals surface area contributed by atoms with E-state index in [9.17, 15) is 24.0 Å². The lowest BCUT2D eigenvalue weighted by Gasteiger charge is -2.34. The Morgan fingerprint density at radius 2 is 1.02 bits per heavy atom. The summed E-state index contributed by atoms with van der Waals surface area (Å²) in [6.07, 6.45) is 1.28. The van der Waals surface area contributed by atoms with Gasteiger partial charge in [-0.1, -0.05) is 30.3 Å². The number of rotatable bonds is 29. The Balaban J connectivity index is 2.91. The molecule has 0 aliphatic carbocycles. The molecule has 0 fully saturated rings. The number of carbonyl (C=O) groups excluding carboxylic acids is 5. The van der Waals surface area contributed by atoms with Gasteiger partial charge in [-0.2, -0.15) is 0 Å². The van der Waals surface area contributed by atoms with Gasteiger partial charge in [-0.05, 0) is 44.5 Å². The summed E-state index contributed by atoms with van der Waals surface area (Å²) in [7, 11) is 0. The van der Waals surface area contributed by atoms with E-state index in [4.69, 9.17) is 36.1 Å². The fourth-order valence-corrected chi connectivity index (χ4v) is 4.05. The van der Waals surface area contributed by atoms with Gasteiger partial charge in [0.1, 0.15) is 18.7 Å². The van der Waals surface area contributed by atoms with Crippen molar-refractivity contribution in [2.24, 2.45) is 17.2 Å². The first-order valence-electron chi connectivity index (χ1n) is 16.6. The van der Waals surface area contributed by atoms with Gasteiger partial charge in [0.05, 0.1) is 39.6 Å². The number of nitrogens with two attached hydrogens (primary N) is 3. The van der Waals surface area contributed by atoms with E-state index in [-0.39, 0.29) is 83.2 Å². The molecule has 0 unspecified atom stereocenters. The highest BCUT2D eigenvalue weighted by Crippen LogP contribution is 2.11. The molecule has 0 heterocycles. The molecule has 0 spiro atoms. The van der Waals surface area contributed by atoms with Gasteiger partial charge in [0, 0.05) is 38.9 Å². The molecule has 0 aliphatic heterocycles. The summed E-state index contributed by atoms with van der Waals surface area (Å²) < 4.78 is 22.6. The first kappa shape index (κ1) is 43.2. The normalized spacial score (nSPS) is 11.0. The Hall–Kier alpha value is -3.87. The second-order valence-electron chi connectivity index (χ2n) is 11.1. The number of alkyl carbamates (subject to hydrolysis) is 1. The zero-order valence-corrected chi connectivity index (χ0v) is 28.4. The lowest BCUT2D eigenvalue weighted by atomic mass is 10.0. The van der Waals surface area contributed by atoms with Crippen molar-refractivity contribution in [3.05, 3.63) is 35.9 Å². The van der Waals surface area contributed by atoms with Crippen molar-refractivity contribution >= 4 is 29.7 Å². The van der Waals surface area contributed by atoms with Crippen molar-refractivity contribution in [3.8, 4) is 0 Å². The van der Waals surface area contributed by atoms with Crippen LogP contribution in [0, 0.1) is 0 Å². The van der Waals surface area contributed by atoms with Gasteiger partial charge in [-0.15, -0.1) is 0 Å². The third-order valence-electron chi connectivity index (χ3n) is 6.68. The van der Waals surface area contributed by atoms with Crippen molar-refractivity contribution in [2.75, 3.05) is 85.5 Å². The van der Waals surface area contributed by atoms with Gasteiger partial charge in [0.15, 0.2) is 0 Å². The van der Waals surface area contributed by atoms with Crippen LogP contribution in [0.5, 0.6) is 0 Å².